The van der Waals surface area contributed by atoms with Gasteiger partial charge in [-0.1, -0.05) is 11.3 Å². The Labute approximate surface area is 91.3 Å². The van der Waals surface area contributed by atoms with Gasteiger partial charge in [-0.3, -0.25) is 0 Å². The molecule has 0 amide bonds. The molecule has 15 heavy (non-hydrogen) atoms. The maximum absolute atomic E-state index is 5.66. The minimum absolute atomic E-state index is 0.568. The van der Waals surface area contributed by atoms with Crippen LogP contribution >= 0.6 is 11.3 Å². The summed E-state index contributed by atoms with van der Waals surface area (Å²) in [5.41, 5.74) is 6.29. The predicted octanol–water partition coefficient (Wildman–Crippen LogP) is 2.53. The van der Waals surface area contributed by atoms with Crippen LogP contribution in [0, 0.1) is 0 Å². The van der Waals surface area contributed by atoms with Gasteiger partial charge in [-0.15, -0.1) is 0 Å². The van der Waals surface area contributed by atoms with Crippen molar-refractivity contribution in [2.45, 2.75) is 0 Å². The van der Waals surface area contributed by atoms with Gasteiger partial charge in [-0.05, 0) is 12.1 Å². The second kappa shape index (κ2) is 4.18. The lowest BCUT2D eigenvalue weighted by atomic mass is 10.3. The highest BCUT2D eigenvalue weighted by molar-refractivity contribution is 7.11. The van der Waals surface area contributed by atoms with E-state index in [1.165, 1.54) is 11.3 Å². The molecule has 4 nitrogen and oxygen atoms in total. The molecule has 5 heteroatoms. The Hall–Kier alpha value is -1.75. The highest BCUT2D eigenvalue weighted by Gasteiger charge is 2.07. The zero-order valence-corrected chi connectivity index (χ0v) is 8.95. The molecule has 0 radical (unpaired) electrons. The van der Waals surface area contributed by atoms with Crippen LogP contribution in [0.3, 0.4) is 0 Å². The highest BCUT2D eigenvalue weighted by Crippen LogP contribution is 2.33. The summed E-state index contributed by atoms with van der Waals surface area (Å²) in [5, 5.41) is 2.41. The molecule has 2 rings (SSSR count). The molecular formula is C10H10N2O2S. The lowest BCUT2D eigenvalue weighted by Crippen LogP contribution is -1.92. The van der Waals surface area contributed by atoms with Crippen molar-refractivity contribution in [2.24, 2.45) is 0 Å². The maximum Gasteiger partial charge on any atom is 0.278 e. The number of anilines is 1. The fourth-order valence-electron chi connectivity index (χ4n) is 1.13. The summed E-state index contributed by atoms with van der Waals surface area (Å²) in [6, 6.07) is 5.23. The summed E-state index contributed by atoms with van der Waals surface area (Å²) < 4.78 is 10.7. The van der Waals surface area contributed by atoms with Crippen molar-refractivity contribution >= 4 is 17.0 Å². The number of benzene rings is 1. The zero-order valence-electron chi connectivity index (χ0n) is 8.14. The van der Waals surface area contributed by atoms with Crippen molar-refractivity contribution < 1.29 is 9.47 Å². The van der Waals surface area contributed by atoms with Crippen LogP contribution in [0.2, 0.25) is 0 Å². The third kappa shape index (κ3) is 2.19. The van der Waals surface area contributed by atoms with Gasteiger partial charge in [0.15, 0.2) is 11.5 Å². The SMILES string of the molecule is COc1ccc(N)cc1Oc1nccs1. The van der Waals surface area contributed by atoms with Crippen molar-refractivity contribution in [1.29, 1.82) is 0 Å². The van der Waals surface area contributed by atoms with Crippen LogP contribution in [-0.2, 0) is 0 Å². The van der Waals surface area contributed by atoms with Crippen LogP contribution in [0.25, 0.3) is 0 Å². The van der Waals surface area contributed by atoms with E-state index in [1.54, 1.807) is 31.5 Å². The smallest absolute Gasteiger partial charge is 0.278 e. The van der Waals surface area contributed by atoms with E-state index in [4.69, 9.17) is 15.2 Å². The number of aromatic nitrogens is 1. The minimum Gasteiger partial charge on any atom is -0.493 e. The van der Waals surface area contributed by atoms with E-state index >= 15 is 0 Å². The van der Waals surface area contributed by atoms with Gasteiger partial charge >= 0.3 is 0 Å². The first-order valence-corrected chi connectivity index (χ1v) is 5.18. The maximum atomic E-state index is 5.66. The van der Waals surface area contributed by atoms with Crippen molar-refractivity contribution in [3.05, 3.63) is 29.8 Å². The topological polar surface area (TPSA) is 57.4 Å². The molecule has 2 aromatic rings. The highest BCUT2D eigenvalue weighted by atomic mass is 32.1. The van der Waals surface area contributed by atoms with Gasteiger partial charge in [0.1, 0.15) is 0 Å². The molecule has 0 saturated heterocycles. The van der Waals surface area contributed by atoms with Crippen LogP contribution in [0.1, 0.15) is 0 Å². The van der Waals surface area contributed by atoms with E-state index in [-0.39, 0.29) is 0 Å². The monoisotopic (exact) mass is 222 g/mol. The van der Waals surface area contributed by atoms with Crippen LogP contribution < -0.4 is 15.2 Å². The van der Waals surface area contributed by atoms with Gasteiger partial charge in [-0.25, -0.2) is 4.98 Å². The Morgan fingerprint density at radius 2 is 2.20 bits per heavy atom. The van der Waals surface area contributed by atoms with Crippen molar-refractivity contribution in [3.8, 4) is 16.7 Å². The first-order valence-electron chi connectivity index (χ1n) is 4.30. The molecule has 0 unspecified atom stereocenters. The first-order chi connectivity index (χ1) is 7.29. The molecule has 0 aliphatic carbocycles. The van der Waals surface area contributed by atoms with E-state index in [9.17, 15) is 0 Å². The quantitative estimate of drug-likeness (QED) is 0.811. The number of nitrogens with zero attached hydrogens (tertiary/aromatic N) is 1. The summed E-state index contributed by atoms with van der Waals surface area (Å²) in [5.74, 6) is 1.21. The van der Waals surface area contributed by atoms with E-state index < -0.39 is 0 Å². The lowest BCUT2D eigenvalue weighted by Gasteiger charge is -2.08. The summed E-state index contributed by atoms with van der Waals surface area (Å²) in [6.45, 7) is 0. The molecular weight excluding hydrogens is 212 g/mol. The van der Waals surface area contributed by atoms with Gasteiger partial charge in [-0.2, -0.15) is 0 Å². The third-order valence-electron chi connectivity index (χ3n) is 1.79. The average Bonchev–Trinajstić information content (AvgIpc) is 2.71. The second-order valence-corrected chi connectivity index (χ2v) is 3.67. The molecule has 0 aliphatic heterocycles. The van der Waals surface area contributed by atoms with Crippen LogP contribution in [0.5, 0.6) is 16.7 Å². The summed E-state index contributed by atoms with van der Waals surface area (Å²) in [7, 11) is 1.58. The number of thiazole rings is 1. The lowest BCUT2D eigenvalue weighted by molar-refractivity contribution is 0.378. The van der Waals surface area contributed by atoms with E-state index in [2.05, 4.69) is 4.98 Å². The van der Waals surface area contributed by atoms with Crippen LogP contribution in [0.15, 0.2) is 29.8 Å². The number of ether oxygens (including phenoxy) is 2. The van der Waals surface area contributed by atoms with Gasteiger partial charge in [0.05, 0.1) is 7.11 Å². The number of rotatable bonds is 3. The van der Waals surface area contributed by atoms with Crippen molar-refractivity contribution in [1.82, 2.24) is 4.98 Å². The molecule has 78 valence electrons. The minimum atomic E-state index is 0.568. The molecule has 0 saturated carbocycles. The number of hydrogen-bond acceptors (Lipinski definition) is 5. The van der Waals surface area contributed by atoms with E-state index in [0.717, 1.165) is 0 Å². The molecule has 2 N–H and O–H groups in total. The standard InChI is InChI=1S/C10H10N2O2S/c1-13-8-3-2-7(11)6-9(8)14-10-12-4-5-15-10/h2-6H,11H2,1H3. The summed E-state index contributed by atoms with van der Waals surface area (Å²) in [6.07, 6.45) is 1.68. The average molecular weight is 222 g/mol. The number of nitrogens with two attached hydrogens (primary N) is 1. The Kier molecular flexibility index (Phi) is 2.73. The molecule has 0 spiro atoms. The molecule has 0 aliphatic rings. The van der Waals surface area contributed by atoms with Crippen molar-refractivity contribution in [3.63, 3.8) is 0 Å². The van der Waals surface area contributed by atoms with Crippen molar-refractivity contribution in [2.75, 3.05) is 12.8 Å². The Morgan fingerprint density at radius 1 is 1.33 bits per heavy atom. The fourth-order valence-corrected chi connectivity index (χ4v) is 1.63. The largest absolute Gasteiger partial charge is 0.493 e. The van der Waals surface area contributed by atoms with Gasteiger partial charge in [0.2, 0.25) is 0 Å². The van der Waals surface area contributed by atoms with E-state index in [1.807, 2.05) is 5.38 Å². The molecule has 1 aromatic carbocycles. The van der Waals surface area contributed by atoms with Crippen LogP contribution in [-0.4, -0.2) is 12.1 Å². The second-order valence-electron chi connectivity index (χ2n) is 2.81. The van der Waals surface area contributed by atoms with Crippen LogP contribution in [0.4, 0.5) is 5.69 Å². The fraction of sp³-hybridized carbons (Fsp3) is 0.100. The molecule has 0 bridgehead atoms. The van der Waals surface area contributed by atoms with Gasteiger partial charge < -0.3 is 15.2 Å². The number of hydrogen-bond donors (Lipinski definition) is 1. The Morgan fingerprint density at radius 3 is 2.87 bits per heavy atom. The Bertz CT molecular complexity index is 443. The summed E-state index contributed by atoms with van der Waals surface area (Å²) >= 11 is 1.41. The normalized spacial score (nSPS) is 9.93. The third-order valence-corrected chi connectivity index (χ3v) is 2.44. The predicted molar refractivity (Wildman–Crippen MR) is 59.6 cm³/mol. The van der Waals surface area contributed by atoms with Gasteiger partial charge in [0, 0.05) is 23.3 Å². The molecule has 1 heterocycles. The Balaban J connectivity index is 2.30. The number of nitrogen functional groups attached to an aromatic ring is 1. The molecule has 0 fully saturated rings. The summed E-state index contributed by atoms with van der Waals surface area (Å²) in [4.78, 5) is 4.02. The molecule has 0 atom stereocenters. The zero-order chi connectivity index (χ0) is 10.7. The molecule has 1 aromatic heterocycles. The van der Waals surface area contributed by atoms with E-state index in [0.29, 0.717) is 22.4 Å². The van der Waals surface area contributed by atoms with Gasteiger partial charge in [0.25, 0.3) is 5.19 Å². The number of methoxy groups -OCH3 is 1. The first kappa shape index (κ1) is 9.79.